The Labute approximate surface area is 113 Å². The molecule has 0 N–H and O–H groups in total. The molecule has 0 aliphatic rings. The van der Waals surface area contributed by atoms with Gasteiger partial charge in [0.2, 0.25) is 0 Å². The highest BCUT2D eigenvalue weighted by Crippen LogP contribution is 2.27. The van der Waals surface area contributed by atoms with Crippen LogP contribution in [-0.4, -0.2) is 15.0 Å². The molecule has 0 saturated carbocycles. The van der Waals surface area contributed by atoms with Gasteiger partial charge in [-0.25, -0.2) is 14.4 Å². The lowest BCUT2D eigenvalue weighted by Gasteiger charge is -2.15. The highest BCUT2D eigenvalue weighted by Gasteiger charge is 2.14. The molecule has 0 saturated heterocycles. The zero-order valence-electron chi connectivity index (χ0n) is 11.3. The zero-order chi connectivity index (χ0) is 13.7. The summed E-state index contributed by atoms with van der Waals surface area (Å²) in [7, 11) is 0. The summed E-state index contributed by atoms with van der Waals surface area (Å²) in [6, 6.07) is 3.35. The lowest BCUT2D eigenvalue weighted by atomic mass is 9.91. The minimum Gasteiger partial charge on any atom is -0.264 e. The molecular formula is C15H18FN3. The number of rotatable bonds is 5. The Balaban J connectivity index is 1.94. The molecule has 0 aliphatic heterocycles. The lowest BCUT2D eigenvalue weighted by Crippen LogP contribution is -2.02. The summed E-state index contributed by atoms with van der Waals surface area (Å²) in [5.74, 6) is 0.348. The van der Waals surface area contributed by atoms with E-state index in [1.807, 2.05) is 13.0 Å². The molecule has 0 amide bonds. The van der Waals surface area contributed by atoms with Gasteiger partial charge in [0.15, 0.2) is 0 Å². The van der Waals surface area contributed by atoms with E-state index in [1.165, 1.54) is 12.3 Å². The van der Waals surface area contributed by atoms with Crippen molar-refractivity contribution >= 4 is 0 Å². The monoisotopic (exact) mass is 259 g/mol. The van der Waals surface area contributed by atoms with E-state index in [9.17, 15) is 4.39 Å². The average molecular weight is 259 g/mol. The largest absolute Gasteiger partial charge is 0.264 e. The van der Waals surface area contributed by atoms with E-state index in [4.69, 9.17) is 0 Å². The molecule has 2 heterocycles. The van der Waals surface area contributed by atoms with Gasteiger partial charge in [-0.3, -0.25) is 4.98 Å². The number of aromatic nitrogens is 3. The summed E-state index contributed by atoms with van der Waals surface area (Å²) in [5, 5.41) is 0. The van der Waals surface area contributed by atoms with Gasteiger partial charge in [0.1, 0.15) is 12.1 Å². The third kappa shape index (κ3) is 3.56. The molecule has 4 heteroatoms. The van der Waals surface area contributed by atoms with Gasteiger partial charge in [-0.05, 0) is 36.8 Å². The van der Waals surface area contributed by atoms with E-state index in [0.717, 1.165) is 18.5 Å². The topological polar surface area (TPSA) is 38.7 Å². The van der Waals surface area contributed by atoms with Crippen LogP contribution in [0.5, 0.6) is 0 Å². The van der Waals surface area contributed by atoms with Gasteiger partial charge >= 0.3 is 0 Å². The van der Waals surface area contributed by atoms with Crippen LogP contribution in [-0.2, 0) is 0 Å². The number of nitrogens with zero attached hydrogens (tertiary/aromatic N) is 3. The molecule has 0 aliphatic carbocycles. The van der Waals surface area contributed by atoms with Crippen molar-refractivity contribution in [1.29, 1.82) is 0 Å². The fourth-order valence-corrected chi connectivity index (χ4v) is 2.15. The molecule has 2 aromatic rings. The van der Waals surface area contributed by atoms with Gasteiger partial charge in [0, 0.05) is 29.8 Å². The van der Waals surface area contributed by atoms with Crippen LogP contribution in [0.15, 0.2) is 37.1 Å². The first-order valence-corrected chi connectivity index (χ1v) is 6.53. The maximum Gasteiger partial charge on any atom is 0.129 e. The molecule has 100 valence electrons. The Morgan fingerprint density at radius 2 is 1.79 bits per heavy atom. The summed E-state index contributed by atoms with van der Waals surface area (Å²) in [5.41, 5.74) is 1.73. The molecule has 2 unspecified atom stereocenters. The molecule has 3 nitrogen and oxygen atoms in total. The molecule has 0 spiro atoms. The minimum absolute atomic E-state index is 0.165. The molecule has 0 radical (unpaired) electrons. The molecule has 2 rings (SSSR count). The van der Waals surface area contributed by atoms with Crippen molar-refractivity contribution in [2.75, 3.05) is 0 Å². The molecule has 0 bridgehead atoms. The van der Waals surface area contributed by atoms with E-state index in [1.54, 1.807) is 18.7 Å². The van der Waals surface area contributed by atoms with Gasteiger partial charge in [0.05, 0.1) is 0 Å². The summed E-state index contributed by atoms with van der Waals surface area (Å²) < 4.78 is 13.6. The van der Waals surface area contributed by atoms with Crippen LogP contribution in [0.2, 0.25) is 0 Å². The zero-order valence-corrected chi connectivity index (χ0v) is 11.3. The maximum atomic E-state index is 13.6. The Morgan fingerprint density at radius 1 is 1.05 bits per heavy atom. The maximum absolute atomic E-state index is 13.6. The quantitative estimate of drug-likeness (QED) is 0.821. The van der Waals surface area contributed by atoms with Crippen LogP contribution in [0.25, 0.3) is 0 Å². The Bertz CT molecular complexity index is 516. The molecular weight excluding hydrogens is 241 g/mol. The smallest absolute Gasteiger partial charge is 0.129 e. The highest BCUT2D eigenvalue weighted by molar-refractivity contribution is 5.16. The second-order valence-corrected chi connectivity index (χ2v) is 4.91. The summed E-state index contributed by atoms with van der Waals surface area (Å²) in [6.45, 7) is 4.17. The van der Waals surface area contributed by atoms with Gasteiger partial charge in [-0.1, -0.05) is 13.8 Å². The Kier molecular flexibility index (Phi) is 4.55. The van der Waals surface area contributed by atoms with Crippen LogP contribution < -0.4 is 0 Å². The summed E-state index contributed by atoms with van der Waals surface area (Å²) >= 11 is 0. The van der Waals surface area contributed by atoms with Crippen LogP contribution in [0.3, 0.4) is 0 Å². The number of hydrogen-bond donors (Lipinski definition) is 0. The normalized spacial score (nSPS) is 14.1. The van der Waals surface area contributed by atoms with E-state index in [-0.39, 0.29) is 11.7 Å². The number of hydrogen-bond acceptors (Lipinski definition) is 3. The summed E-state index contributed by atoms with van der Waals surface area (Å²) in [6.07, 6.45) is 8.30. The molecule has 2 atom stereocenters. The molecule has 19 heavy (non-hydrogen) atoms. The van der Waals surface area contributed by atoms with Crippen LogP contribution in [0.4, 0.5) is 4.39 Å². The van der Waals surface area contributed by atoms with Crippen LogP contribution in [0.1, 0.15) is 49.8 Å². The fourth-order valence-electron chi connectivity index (χ4n) is 2.15. The third-order valence-electron chi connectivity index (χ3n) is 3.47. The first-order chi connectivity index (χ1) is 9.18. The number of halogens is 1. The second kappa shape index (κ2) is 6.36. The van der Waals surface area contributed by atoms with Gasteiger partial charge in [0.25, 0.3) is 0 Å². The van der Waals surface area contributed by atoms with Crippen molar-refractivity contribution in [3.8, 4) is 0 Å². The van der Waals surface area contributed by atoms with E-state index < -0.39 is 0 Å². The highest BCUT2D eigenvalue weighted by atomic mass is 19.1. The summed E-state index contributed by atoms with van der Waals surface area (Å²) in [4.78, 5) is 12.2. The number of pyridine rings is 1. The molecule has 0 fully saturated rings. The fraction of sp³-hybridized carbons (Fsp3) is 0.400. The van der Waals surface area contributed by atoms with Crippen molar-refractivity contribution in [1.82, 2.24) is 15.0 Å². The van der Waals surface area contributed by atoms with Crippen molar-refractivity contribution in [3.63, 3.8) is 0 Å². The van der Waals surface area contributed by atoms with E-state index in [0.29, 0.717) is 11.5 Å². The second-order valence-electron chi connectivity index (χ2n) is 4.91. The lowest BCUT2D eigenvalue weighted by molar-refractivity contribution is 0.532. The van der Waals surface area contributed by atoms with Crippen LogP contribution >= 0.6 is 0 Å². The molecule has 0 aromatic carbocycles. The van der Waals surface area contributed by atoms with Crippen molar-refractivity contribution in [2.24, 2.45) is 0 Å². The first-order valence-electron chi connectivity index (χ1n) is 6.53. The van der Waals surface area contributed by atoms with Gasteiger partial charge < -0.3 is 0 Å². The van der Waals surface area contributed by atoms with Crippen molar-refractivity contribution in [2.45, 2.75) is 38.5 Å². The molecule has 2 aromatic heterocycles. The van der Waals surface area contributed by atoms with Gasteiger partial charge in [-0.2, -0.15) is 0 Å². The van der Waals surface area contributed by atoms with Crippen LogP contribution in [0, 0.1) is 5.82 Å². The average Bonchev–Trinajstić information content (AvgIpc) is 2.46. The Morgan fingerprint density at radius 3 is 2.47 bits per heavy atom. The van der Waals surface area contributed by atoms with E-state index in [2.05, 4.69) is 21.9 Å². The SMILES string of the molecule is CC(CCC(C)c1cnccc1F)c1ccncn1. The predicted octanol–water partition coefficient (Wildman–Crippen LogP) is 3.70. The van der Waals surface area contributed by atoms with Gasteiger partial charge in [-0.15, -0.1) is 0 Å². The first kappa shape index (κ1) is 13.6. The third-order valence-corrected chi connectivity index (χ3v) is 3.47. The van der Waals surface area contributed by atoms with Crippen molar-refractivity contribution in [3.05, 3.63) is 54.1 Å². The van der Waals surface area contributed by atoms with Crippen molar-refractivity contribution < 1.29 is 4.39 Å². The Hall–Kier alpha value is -1.84. The standard InChI is InChI=1S/C15H18FN3/c1-11(13-9-17-7-5-14(13)16)3-4-12(2)15-6-8-18-10-19-15/h5-12H,3-4H2,1-2H3. The van der Waals surface area contributed by atoms with E-state index >= 15 is 0 Å². The predicted molar refractivity (Wildman–Crippen MR) is 72.3 cm³/mol. The minimum atomic E-state index is -0.169.